The Hall–Kier alpha value is -1.16. The molecule has 4 heteroatoms. The fourth-order valence-corrected chi connectivity index (χ4v) is 4.05. The lowest BCUT2D eigenvalue weighted by Gasteiger charge is -2.45. The van der Waals surface area contributed by atoms with Crippen LogP contribution >= 0.6 is 12.2 Å². The van der Waals surface area contributed by atoms with Crippen molar-refractivity contribution in [3.05, 3.63) is 24.0 Å². The number of thiocarbonyl (C=S) groups is 1. The average Bonchev–Trinajstić information content (AvgIpc) is 2.24. The predicted molar refractivity (Wildman–Crippen MR) is 88.9 cm³/mol. The monoisotopic (exact) mass is 291 g/mol. The standard InChI is InChI=1S/C16H25N3S/c1-15(2)8-11(9-16(3,4)10-15)19-12-6-5-7-18-13(12)14(17)20/h5-7,11,19H,8-10H2,1-4H3,(H2,17,20). The fraction of sp³-hybridized carbons (Fsp3) is 0.625. The van der Waals surface area contributed by atoms with Gasteiger partial charge in [0.2, 0.25) is 0 Å². The Morgan fingerprint density at radius 2 is 1.90 bits per heavy atom. The zero-order valence-corrected chi connectivity index (χ0v) is 13.7. The normalized spacial score (nSPS) is 21.4. The topological polar surface area (TPSA) is 50.9 Å². The van der Waals surface area contributed by atoms with E-state index in [9.17, 15) is 0 Å². The maximum absolute atomic E-state index is 5.76. The summed E-state index contributed by atoms with van der Waals surface area (Å²) in [5.74, 6) is 0. The van der Waals surface area contributed by atoms with Gasteiger partial charge in [-0.05, 0) is 42.2 Å². The minimum Gasteiger partial charge on any atom is -0.388 e. The lowest BCUT2D eigenvalue weighted by Crippen LogP contribution is -2.40. The molecule has 2 rings (SSSR count). The first-order valence-electron chi connectivity index (χ1n) is 7.20. The van der Waals surface area contributed by atoms with Crippen LogP contribution in [0.2, 0.25) is 0 Å². The summed E-state index contributed by atoms with van der Waals surface area (Å²) >= 11 is 5.08. The number of anilines is 1. The molecule has 1 fully saturated rings. The lowest BCUT2D eigenvalue weighted by atomic mass is 9.63. The van der Waals surface area contributed by atoms with Gasteiger partial charge in [0.1, 0.15) is 10.7 Å². The Labute approximate surface area is 127 Å². The van der Waals surface area contributed by atoms with Gasteiger partial charge in [0.25, 0.3) is 0 Å². The van der Waals surface area contributed by atoms with E-state index in [1.165, 1.54) is 6.42 Å². The van der Waals surface area contributed by atoms with Crippen molar-refractivity contribution in [1.29, 1.82) is 0 Å². The first kappa shape index (κ1) is 15.2. The first-order valence-corrected chi connectivity index (χ1v) is 7.61. The summed E-state index contributed by atoms with van der Waals surface area (Å²) in [6.45, 7) is 9.39. The van der Waals surface area contributed by atoms with Gasteiger partial charge < -0.3 is 11.1 Å². The zero-order chi connectivity index (χ0) is 15.0. The second-order valence-electron chi connectivity index (χ2n) is 7.52. The molecule has 0 aromatic carbocycles. The van der Waals surface area contributed by atoms with E-state index in [2.05, 4.69) is 38.0 Å². The molecule has 1 aliphatic carbocycles. The van der Waals surface area contributed by atoms with Crippen molar-refractivity contribution >= 4 is 22.9 Å². The third-order valence-electron chi connectivity index (χ3n) is 3.96. The molecule has 0 bridgehead atoms. The van der Waals surface area contributed by atoms with Crippen LogP contribution < -0.4 is 11.1 Å². The summed E-state index contributed by atoms with van der Waals surface area (Å²) in [7, 11) is 0. The van der Waals surface area contributed by atoms with E-state index in [0.717, 1.165) is 18.5 Å². The summed E-state index contributed by atoms with van der Waals surface area (Å²) in [6, 6.07) is 4.37. The highest BCUT2D eigenvalue weighted by Gasteiger charge is 2.38. The maximum atomic E-state index is 5.76. The fourth-order valence-electron chi connectivity index (χ4n) is 3.89. The third kappa shape index (κ3) is 3.69. The molecule has 1 aromatic heterocycles. The molecule has 0 aliphatic heterocycles. The molecule has 0 amide bonds. The number of hydrogen-bond acceptors (Lipinski definition) is 3. The zero-order valence-electron chi connectivity index (χ0n) is 12.9. The molecule has 1 heterocycles. The van der Waals surface area contributed by atoms with Gasteiger partial charge in [-0.2, -0.15) is 0 Å². The average molecular weight is 291 g/mol. The van der Waals surface area contributed by atoms with E-state index in [4.69, 9.17) is 18.0 Å². The molecule has 0 atom stereocenters. The van der Waals surface area contributed by atoms with E-state index >= 15 is 0 Å². The Bertz CT molecular complexity index is 492. The highest BCUT2D eigenvalue weighted by atomic mass is 32.1. The molecule has 20 heavy (non-hydrogen) atoms. The summed E-state index contributed by atoms with van der Waals surface area (Å²) in [6.07, 6.45) is 5.30. The number of nitrogens with zero attached hydrogens (tertiary/aromatic N) is 1. The van der Waals surface area contributed by atoms with Gasteiger partial charge in [-0.15, -0.1) is 0 Å². The minimum absolute atomic E-state index is 0.349. The molecule has 3 nitrogen and oxygen atoms in total. The number of nitrogens with two attached hydrogens (primary N) is 1. The van der Waals surface area contributed by atoms with E-state index < -0.39 is 0 Å². The van der Waals surface area contributed by atoms with Gasteiger partial charge in [-0.1, -0.05) is 39.9 Å². The Kier molecular flexibility index (Phi) is 4.05. The van der Waals surface area contributed by atoms with Crippen molar-refractivity contribution in [2.24, 2.45) is 16.6 Å². The number of hydrogen-bond donors (Lipinski definition) is 2. The molecular formula is C16H25N3S. The van der Waals surface area contributed by atoms with E-state index in [0.29, 0.717) is 27.6 Å². The second-order valence-corrected chi connectivity index (χ2v) is 7.96. The van der Waals surface area contributed by atoms with Crippen LogP contribution in [0.15, 0.2) is 18.3 Å². The maximum Gasteiger partial charge on any atom is 0.124 e. The van der Waals surface area contributed by atoms with Crippen LogP contribution in [0.5, 0.6) is 0 Å². The lowest BCUT2D eigenvalue weighted by molar-refractivity contribution is 0.105. The molecule has 1 saturated carbocycles. The third-order valence-corrected chi connectivity index (χ3v) is 4.15. The SMILES string of the molecule is CC1(C)CC(Nc2cccnc2C(N)=S)CC(C)(C)C1. The molecule has 110 valence electrons. The Morgan fingerprint density at radius 1 is 1.30 bits per heavy atom. The molecule has 3 N–H and O–H groups in total. The van der Waals surface area contributed by atoms with Gasteiger partial charge in [-0.3, -0.25) is 4.98 Å². The van der Waals surface area contributed by atoms with E-state index in [1.807, 2.05) is 12.1 Å². The molecule has 0 radical (unpaired) electrons. The number of aromatic nitrogens is 1. The molecular weight excluding hydrogens is 266 g/mol. The Balaban J connectivity index is 2.20. The summed E-state index contributed by atoms with van der Waals surface area (Å²) < 4.78 is 0. The smallest absolute Gasteiger partial charge is 0.124 e. The van der Waals surface area contributed by atoms with Crippen LogP contribution in [-0.4, -0.2) is 16.0 Å². The molecule has 0 unspecified atom stereocenters. The molecule has 0 spiro atoms. The van der Waals surface area contributed by atoms with Crippen LogP contribution in [0, 0.1) is 10.8 Å². The van der Waals surface area contributed by atoms with Crippen LogP contribution in [0.3, 0.4) is 0 Å². The Morgan fingerprint density at radius 3 is 2.45 bits per heavy atom. The summed E-state index contributed by atoms with van der Waals surface area (Å²) in [5, 5.41) is 3.61. The summed E-state index contributed by atoms with van der Waals surface area (Å²) in [4.78, 5) is 4.64. The minimum atomic E-state index is 0.349. The van der Waals surface area contributed by atoms with Crippen molar-refractivity contribution in [1.82, 2.24) is 4.98 Å². The summed E-state index contributed by atoms with van der Waals surface area (Å²) in [5.41, 5.74) is 8.11. The van der Waals surface area contributed by atoms with Gasteiger partial charge in [0.15, 0.2) is 0 Å². The van der Waals surface area contributed by atoms with Crippen LogP contribution in [0.4, 0.5) is 5.69 Å². The van der Waals surface area contributed by atoms with Gasteiger partial charge in [0.05, 0.1) is 5.69 Å². The van der Waals surface area contributed by atoms with Crippen LogP contribution in [-0.2, 0) is 0 Å². The van der Waals surface area contributed by atoms with Crippen molar-refractivity contribution in [2.75, 3.05) is 5.32 Å². The van der Waals surface area contributed by atoms with Crippen molar-refractivity contribution < 1.29 is 0 Å². The predicted octanol–water partition coefficient (Wildman–Crippen LogP) is 3.73. The second kappa shape index (κ2) is 5.32. The van der Waals surface area contributed by atoms with Crippen LogP contribution in [0.1, 0.15) is 52.7 Å². The highest BCUT2D eigenvalue weighted by molar-refractivity contribution is 7.80. The van der Waals surface area contributed by atoms with Gasteiger partial charge in [-0.25, -0.2) is 0 Å². The van der Waals surface area contributed by atoms with E-state index in [1.54, 1.807) is 6.20 Å². The van der Waals surface area contributed by atoms with Gasteiger partial charge in [0, 0.05) is 12.2 Å². The largest absolute Gasteiger partial charge is 0.388 e. The van der Waals surface area contributed by atoms with Crippen LogP contribution in [0.25, 0.3) is 0 Å². The van der Waals surface area contributed by atoms with Crippen molar-refractivity contribution in [2.45, 2.75) is 53.0 Å². The number of pyridine rings is 1. The molecule has 1 aliphatic rings. The quantitative estimate of drug-likeness (QED) is 0.833. The first-order chi connectivity index (χ1) is 9.19. The molecule has 1 aromatic rings. The highest BCUT2D eigenvalue weighted by Crippen LogP contribution is 2.46. The number of rotatable bonds is 3. The van der Waals surface area contributed by atoms with Crippen molar-refractivity contribution in [3.8, 4) is 0 Å². The van der Waals surface area contributed by atoms with E-state index in [-0.39, 0.29) is 0 Å². The van der Waals surface area contributed by atoms with Crippen molar-refractivity contribution in [3.63, 3.8) is 0 Å². The molecule has 0 saturated heterocycles. The van der Waals surface area contributed by atoms with Gasteiger partial charge >= 0.3 is 0 Å². The number of nitrogens with one attached hydrogen (secondary N) is 1.